The molecule has 0 aromatic rings. The number of rotatable bonds is 8. The lowest BCUT2D eigenvalue weighted by atomic mass is 10.2. The van der Waals surface area contributed by atoms with E-state index in [2.05, 4.69) is 16.0 Å². The summed E-state index contributed by atoms with van der Waals surface area (Å²) in [5.41, 5.74) is 0. The van der Waals surface area contributed by atoms with Gasteiger partial charge in [-0.3, -0.25) is 10.1 Å². The van der Waals surface area contributed by atoms with E-state index < -0.39 is 6.03 Å². The van der Waals surface area contributed by atoms with Crippen molar-refractivity contribution in [1.82, 2.24) is 16.0 Å². The van der Waals surface area contributed by atoms with Gasteiger partial charge in [0.25, 0.3) is 0 Å². The third-order valence-corrected chi connectivity index (χ3v) is 2.19. The third-order valence-electron chi connectivity index (χ3n) is 2.19. The molecule has 100 valence electrons. The lowest BCUT2D eigenvalue weighted by Crippen LogP contribution is -2.48. The number of unbranched alkanes of at least 4 members (excludes halogenated alkanes) is 1. The van der Waals surface area contributed by atoms with E-state index >= 15 is 0 Å². The molecular weight excluding hydrogens is 222 g/mol. The number of urea groups is 1. The van der Waals surface area contributed by atoms with Crippen LogP contribution in [-0.2, 0) is 9.53 Å². The first-order valence-corrected chi connectivity index (χ1v) is 5.92. The molecule has 0 bridgehead atoms. The van der Waals surface area contributed by atoms with Gasteiger partial charge in [0.1, 0.15) is 0 Å². The highest BCUT2D eigenvalue weighted by atomic mass is 16.5. The van der Waals surface area contributed by atoms with Crippen LogP contribution in [0.25, 0.3) is 0 Å². The summed E-state index contributed by atoms with van der Waals surface area (Å²) in [5.74, 6) is -0.317. The van der Waals surface area contributed by atoms with Crippen molar-refractivity contribution in [2.75, 3.05) is 26.8 Å². The number of hydrogen-bond donors (Lipinski definition) is 3. The van der Waals surface area contributed by atoms with E-state index in [-0.39, 0.29) is 11.9 Å². The Hall–Kier alpha value is -1.14. The van der Waals surface area contributed by atoms with Crippen molar-refractivity contribution >= 4 is 11.9 Å². The maximum absolute atomic E-state index is 11.5. The fourth-order valence-electron chi connectivity index (χ4n) is 1.21. The number of carbonyl (C=O) groups excluding carboxylic acids is 2. The van der Waals surface area contributed by atoms with Gasteiger partial charge in [-0.05, 0) is 33.2 Å². The molecule has 0 aliphatic heterocycles. The number of methoxy groups -OCH3 is 1. The van der Waals surface area contributed by atoms with Crippen LogP contribution in [0.15, 0.2) is 0 Å². The van der Waals surface area contributed by atoms with Gasteiger partial charge in [-0.2, -0.15) is 0 Å². The molecule has 0 aromatic carbocycles. The van der Waals surface area contributed by atoms with E-state index in [0.29, 0.717) is 6.54 Å². The largest absolute Gasteiger partial charge is 0.385 e. The Morgan fingerprint density at radius 3 is 2.59 bits per heavy atom. The quantitative estimate of drug-likeness (QED) is 0.535. The molecule has 1 atom stereocenters. The topological polar surface area (TPSA) is 79.5 Å². The number of nitrogens with one attached hydrogen (secondary N) is 3. The lowest BCUT2D eigenvalue weighted by molar-refractivity contribution is -0.121. The first kappa shape index (κ1) is 15.9. The summed E-state index contributed by atoms with van der Waals surface area (Å²) in [4.78, 5) is 22.6. The molecule has 1 unspecified atom stereocenters. The molecule has 3 N–H and O–H groups in total. The highest BCUT2D eigenvalue weighted by Crippen LogP contribution is 1.89. The Bertz CT molecular complexity index is 234. The molecule has 17 heavy (non-hydrogen) atoms. The standard InChI is InChI=1S/C11H23N3O3/c1-4-12-11(16)14-10(15)9(2)13-7-5-6-8-17-3/h9,13H,4-8H2,1-3H3,(H2,12,14,15,16). The molecule has 0 fully saturated rings. The van der Waals surface area contributed by atoms with Gasteiger partial charge in [0, 0.05) is 20.3 Å². The van der Waals surface area contributed by atoms with E-state index in [1.165, 1.54) is 0 Å². The molecule has 3 amide bonds. The Morgan fingerprint density at radius 1 is 1.29 bits per heavy atom. The fraction of sp³-hybridized carbons (Fsp3) is 0.818. The second-order valence-electron chi connectivity index (χ2n) is 3.72. The molecule has 0 rings (SSSR count). The van der Waals surface area contributed by atoms with Crippen LogP contribution in [0.4, 0.5) is 4.79 Å². The second kappa shape index (κ2) is 10.0. The van der Waals surface area contributed by atoms with Crippen LogP contribution >= 0.6 is 0 Å². The molecule has 6 heteroatoms. The van der Waals surface area contributed by atoms with Crippen molar-refractivity contribution in [1.29, 1.82) is 0 Å². The van der Waals surface area contributed by atoms with E-state index in [4.69, 9.17) is 4.74 Å². The van der Waals surface area contributed by atoms with Crippen LogP contribution in [0.2, 0.25) is 0 Å². The summed E-state index contributed by atoms with van der Waals surface area (Å²) in [7, 11) is 1.66. The van der Waals surface area contributed by atoms with Gasteiger partial charge in [-0.1, -0.05) is 0 Å². The van der Waals surface area contributed by atoms with Gasteiger partial charge in [-0.25, -0.2) is 4.79 Å². The Morgan fingerprint density at radius 2 is 2.00 bits per heavy atom. The first-order valence-electron chi connectivity index (χ1n) is 5.92. The second-order valence-corrected chi connectivity index (χ2v) is 3.72. The van der Waals surface area contributed by atoms with Crippen molar-refractivity contribution in [3.63, 3.8) is 0 Å². The number of ether oxygens (including phenoxy) is 1. The highest BCUT2D eigenvalue weighted by molar-refractivity contribution is 5.96. The molecule has 0 saturated heterocycles. The monoisotopic (exact) mass is 245 g/mol. The average molecular weight is 245 g/mol. The summed E-state index contributed by atoms with van der Waals surface area (Å²) < 4.78 is 4.92. The zero-order valence-corrected chi connectivity index (χ0v) is 10.8. The molecule has 0 aliphatic rings. The van der Waals surface area contributed by atoms with Crippen molar-refractivity contribution < 1.29 is 14.3 Å². The van der Waals surface area contributed by atoms with E-state index in [9.17, 15) is 9.59 Å². The molecule has 0 saturated carbocycles. The molecule has 0 heterocycles. The zero-order chi connectivity index (χ0) is 13.1. The van der Waals surface area contributed by atoms with Gasteiger partial charge in [0.05, 0.1) is 6.04 Å². The van der Waals surface area contributed by atoms with E-state index in [1.54, 1.807) is 21.0 Å². The van der Waals surface area contributed by atoms with Gasteiger partial charge in [0.2, 0.25) is 5.91 Å². The molecule has 6 nitrogen and oxygen atoms in total. The van der Waals surface area contributed by atoms with E-state index in [0.717, 1.165) is 26.0 Å². The van der Waals surface area contributed by atoms with Crippen molar-refractivity contribution in [2.24, 2.45) is 0 Å². The smallest absolute Gasteiger partial charge is 0.321 e. The number of carbonyl (C=O) groups is 2. The van der Waals surface area contributed by atoms with Crippen LogP contribution in [0, 0.1) is 0 Å². The Balaban J connectivity index is 3.63. The normalized spacial score (nSPS) is 11.9. The predicted molar refractivity (Wildman–Crippen MR) is 65.8 cm³/mol. The minimum Gasteiger partial charge on any atom is -0.385 e. The number of amides is 3. The summed E-state index contributed by atoms with van der Waals surface area (Å²) in [6, 6.07) is -0.828. The van der Waals surface area contributed by atoms with Crippen LogP contribution in [0.3, 0.4) is 0 Å². The Labute approximate surface area is 102 Å². The number of hydrogen-bond acceptors (Lipinski definition) is 4. The summed E-state index contributed by atoms with van der Waals surface area (Å²) in [6.45, 7) is 5.47. The van der Waals surface area contributed by atoms with E-state index in [1.807, 2.05) is 0 Å². The summed E-state index contributed by atoms with van der Waals surface area (Å²) in [5, 5.41) is 7.80. The summed E-state index contributed by atoms with van der Waals surface area (Å²) in [6.07, 6.45) is 1.89. The molecule has 0 radical (unpaired) electrons. The highest BCUT2D eigenvalue weighted by Gasteiger charge is 2.13. The SMILES string of the molecule is CCNC(=O)NC(=O)C(C)NCCCCOC. The van der Waals surface area contributed by atoms with Crippen molar-refractivity contribution in [2.45, 2.75) is 32.7 Å². The van der Waals surface area contributed by atoms with Gasteiger partial charge in [-0.15, -0.1) is 0 Å². The molecule has 0 spiro atoms. The molecule has 0 aromatic heterocycles. The lowest BCUT2D eigenvalue weighted by Gasteiger charge is -2.13. The fourth-order valence-corrected chi connectivity index (χ4v) is 1.21. The molecule has 0 aliphatic carbocycles. The summed E-state index contributed by atoms with van der Waals surface area (Å²) >= 11 is 0. The minimum atomic E-state index is -0.453. The predicted octanol–water partition coefficient (Wildman–Crippen LogP) is 0.237. The van der Waals surface area contributed by atoms with Crippen LogP contribution in [0.1, 0.15) is 26.7 Å². The minimum absolute atomic E-state index is 0.317. The average Bonchev–Trinajstić information content (AvgIpc) is 2.28. The van der Waals surface area contributed by atoms with Gasteiger partial charge in [0.15, 0.2) is 0 Å². The zero-order valence-electron chi connectivity index (χ0n) is 10.8. The third kappa shape index (κ3) is 8.65. The molecular formula is C11H23N3O3. The van der Waals surface area contributed by atoms with Gasteiger partial charge >= 0.3 is 6.03 Å². The van der Waals surface area contributed by atoms with Crippen molar-refractivity contribution in [3.05, 3.63) is 0 Å². The van der Waals surface area contributed by atoms with Crippen LogP contribution < -0.4 is 16.0 Å². The first-order chi connectivity index (χ1) is 8.11. The van der Waals surface area contributed by atoms with Crippen LogP contribution in [-0.4, -0.2) is 44.8 Å². The van der Waals surface area contributed by atoms with Crippen molar-refractivity contribution in [3.8, 4) is 0 Å². The van der Waals surface area contributed by atoms with Gasteiger partial charge < -0.3 is 15.4 Å². The number of imide groups is 1. The maximum atomic E-state index is 11.5. The van der Waals surface area contributed by atoms with Crippen LogP contribution in [0.5, 0.6) is 0 Å². The maximum Gasteiger partial charge on any atom is 0.321 e. The Kier molecular flexibility index (Phi) is 9.37.